The summed E-state index contributed by atoms with van der Waals surface area (Å²) in [6, 6.07) is 8.24. The van der Waals surface area contributed by atoms with Crippen LogP contribution in [-0.4, -0.2) is 31.8 Å². The third-order valence-electron chi connectivity index (χ3n) is 2.83. The number of nitrogens with zero attached hydrogens (tertiary/aromatic N) is 1. The van der Waals surface area contributed by atoms with E-state index in [2.05, 4.69) is 36.9 Å². The minimum atomic E-state index is -3.82. The molecule has 0 saturated heterocycles. The van der Waals surface area contributed by atoms with Crippen LogP contribution in [0.15, 0.2) is 24.3 Å². The van der Waals surface area contributed by atoms with E-state index in [0.717, 1.165) is 25.2 Å². The van der Waals surface area contributed by atoms with E-state index in [1.807, 2.05) is 6.07 Å². The number of hydrogen-bond acceptors (Lipinski definition) is 3. The van der Waals surface area contributed by atoms with Gasteiger partial charge < -0.3 is 6.33 Å². The molecule has 0 amide bonds. The maximum Gasteiger partial charge on any atom is 1.00 e. The van der Waals surface area contributed by atoms with Crippen molar-refractivity contribution in [3.8, 4) is 0 Å². The molecule has 1 rings (SSSR count). The number of benzene rings is 1. The first-order chi connectivity index (χ1) is 8.42. The fourth-order valence-corrected chi connectivity index (χ4v) is 2.45. The summed E-state index contributed by atoms with van der Waals surface area (Å²) in [5.41, 5.74) is 2.37. The van der Waals surface area contributed by atoms with E-state index in [1.54, 1.807) is 0 Å². The van der Waals surface area contributed by atoms with Crippen molar-refractivity contribution >= 4 is 15.8 Å². The van der Waals surface area contributed by atoms with Gasteiger partial charge in [-0.3, -0.25) is 4.55 Å². The number of anilines is 1. The Balaban J connectivity index is 0. The van der Waals surface area contributed by atoms with Crippen LogP contribution in [0.2, 0.25) is 0 Å². The minimum absolute atomic E-state index is 0. The maximum absolute atomic E-state index is 10.6. The SMILES string of the molecule is CCN(CCCCS(=O)(=O)O)c1cccc(C)c1.[H-].[Na+]. The Hall–Kier alpha value is -0.0700. The minimum Gasteiger partial charge on any atom is -1.00 e. The Morgan fingerprint density at radius 1 is 1.32 bits per heavy atom. The van der Waals surface area contributed by atoms with Gasteiger partial charge in [-0.25, -0.2) is 0 Å². The first-order valence-corrected chi connectivity index (χ1v) is 7.80. The van der Waals surface area contributed by atoms with Gasteiger partial charge in [0.1, 0.15) is 0 Å². The van der Waals surface area contributed by atoms with Crippen molar-refractivity contribution in [2.45, 2.75) is 26.7 Å². The second kappa shape index (κ2) is 8.97. The topological polar surface area (TPSA) is 57.6 Å². The van der Waals surface area contributed by atoms with Crippen LogP contribution in [0.5, 0.6) is 0 Å². The van der Waals surface area contributed by atoms with Gasteiger partial charge in [0.15, 0.2) is 0 Å². The van der Waals surface area contributed by atoms with Crippen molar-refractivity contribution in [3.63, 3.8) is 0 Å². The number of unbranched alkanes of at least 4 members (excludes halogenated alkanes) is 1. The van der Waals surface area contributed by atoms with Crippen LogP contribution in [0.1, 0.15) is 26.8 Å². The van der Waals surface area contributed by atoms with Gasteiger partial charge in [0.05, 0.1) is 5.75 Å². The average Bonchev–Trinajstić information content (AvgIpc) is 2.27. The monoisotopic (exact) mass is 295 g/mol. The van der Waals surface area contributed by atoms with Crippen molar-refractivity contribution in [2.24, 2.45) is 0 Å². The van der Waals surface area contributed by atoms with Gasteiger partial charge >= 0.3 is 29.6 Å². The van der Waals surface area contributed by atoms with Crippen molar-refractivity contribution in [3.05, 3.63) is 29.8 Å². The van der Waals surface area contributed by atoms with E-state index < -0.39 is 10.1 Å². The van der Waals surface area contributed by atoms with Crippen molar-refractivity contribution in [2.75, 3.05) is 23.7 Å². The molecule has 104 valence electrons. The van der Waals surface area contributed by atoms with Gasteiger partial charge in [-0.05, 0) is 44.4 Å². The molecule has 0 aliphatic carbocycles. The molecule has 19 heavy (non-hydrogen) atoms. The molecule has 1 aromatic carbocycles. The van der Waals surface area contributed by atoms with Crippen LogP contribution in [0.4, 0.5) is 5.69 Å². The van der Waals surface area contributed by atoms with Gasteiger partial charge in [0.25, 0.3) is 10.1 Å². The zero-order valence-corrected chi connectivity index (χ0v) is 14.8. The molecular weight excluding hydrogens is 273 g/mol. The molecule has 0 aromatic heterocycles. The summed E-state index contributed by atoms with van der Waals surface area (Å²) < 4.78 is 29.9. The number of hydrogen-bond donors (Lipinski definition) is 1. The Morgan fingerprint density at radius 2 is 2.00 bits per heavy atom. The van der Waals surface area contributed by atoms with Gasteiger partial charge in [0, 0.05) is 18.8 Å². The molecule has 0 unspecified atom stereocenters. The molecule has 0 atom stereocenters. The molecule has 0 heterocycles. The molecule has 0 aliphatic rings. The van der Waals surface area contributed by atoms with E-state index >= 15 is 0 Å². The quantitative estimate of drug-likeness (QED) is 0.423. The van der Waals surface area contributed by atoms with Gasteiger partial charge in [0.2, 0.25) is 0 Å². The third-order valence-corrected chi connectivity index (χ3v) is 3.63. The maximum atomic E-state index is 10.6. The predicted molar refractivity (Wildman–Crippen MR) is 75.8 cm³/mol. The zero-order valence-electron chi connectivity index (χ0n) is 13.0. The van der Waals surface area contributed by atoms with Crippen LogP contribution in [0, 0.1) is 6.92 Å². The Morgan fingerprint density at radius 3 is 2.53 bits per heavy atom. The molecule has 1 aromatic rings. The largest absolute Gasteiger partial charge is 1.00 e. The van der Waals surface area contributed by atoms with Crippen LogP contribution in [0.3, 0.4) is 0 Å². The van der Waals surface area contributed by atoms with E-state index in [4.69, 9.17) is 4.55 Å². The summed E-state index contributed by atoms with van der Waals surface area (Å²) in [4.78, 5) is 2.21. The first kappa shape index (κ1) is 18.9. The van der Waals surface area contributed by atoms with Crippen molar-refractivity contribution < 1.29 is 44.0 Å². The molecule has 6 heteroatoms. The predicted octanol–water partition coefficient (Wildman–Crippen LogP) is -0.394. The van der Waals surface area contributed by atoms with Gasteiger partial charge in [-0.15, -0.1) is 0 Å². The van der Waals surface area contributed by atoms with Gasteiger partial charge in [-0.2, -0.15) is 8.42 Å². The number of aryl methyl sites for hydroxylation is 1. The normalized spacial score (nSPS) is 10.9. The molecule has 0 saturated carbocycles. The van der Waals surface area contributed by atoms with E-state index in [-0.39, 0.29) is 36.7 Å². The summed E-state index contributed by atoms with van der Waals surface area (Å²) in [6.07, 6.45) is 1.24. The van der Waals surface area contributed by atoms with Crippen molar-refractivity contribution in [1.82, 2.24) is 0 Å². The number of rotatable bonds is 7. The van der Waals surface area contributed by atoms with Crippen LogP contribution in [-0.2, 0) is 10.1 Å². The summed E-state index contributed by atoms with van der Waals surface area (Å²) in [5.74, 6) is -0.154. The summed E-state index contributed by atoms with van der Waals surface area (Å²) >= 11 is 0. The molecule has 0 aliphatic heterocycles. The van der Waals surface area contributed by atoms with Crippen molar-refractivity contribution in [1.29, 1.82) is 0 Å². The fraction of sp³-hybridized carbons (Fsp3) is 0.538. The van der Waals surface area contributed by atoms with E-state index in [9.17, 15) is 8.42 Å². The third kappa shape index (κ3) is 7.95. The smallest absolute Gasteiger partial charge is 1.00 e. The summed E-state index contributed by atoms with van der Waals surface area (Å²) in [5, 5.41) is 0. The molecule has 1 N–H and O–H groups in total. The molecule has 0 bridgehead atoms. The standard InChI is InChI=1S/C13H21NO3S.Na.H/c1-3-14(9-4-5-10-18(15,16)17)13-8-6-7-12(2)11-13;;/h6-8,11H,3-5,9-10H2,1-2H3,(H,15,16,17);;/q;+1;-1. The molecule has 0 radical (unpaired) electrons. The Bertz CT molecular complexity index is 482. The van der Waals surface area contributed by atoms with Crippen LogP contribution in [0.25, 0.3) is 0 Å². The van der Waals surface area contributed by atoms with Gasteiger partial charge in [-0.1, -0.05) is 12.1 Å². The first-order valence-electron chi connectivity index (χ1n) is 6.19. The Labute approximate surface area is 139 Å². The Kier molecular flexibility index (Phi) is 8.94. The molecular formula is C13H22NNaO3S. The second-order valence-corrected chi connectivity index (χ2v) is 5.98. The fourth-order valence-electron chi connectivity index (χ4n) is 1.88. The van der Waals surface area contributed by atoms with Crippen LogP contribution < -0.4 is 34.5 Å². The van der Waals surface area contributed by atoms with E-state index in [1.165, 1.54) is 5.56 Å². The molecule has 0 spiro atoms. The average molecular weight is 295 g/mol. The molecule has 0 fully saturated rings. The summed E-state index contributed by atoms with van der Waals surface area (Å²) in [7, 11) is -3.82. The zero-order chi connectivity index (χ0) is 13.6. The molecule has 4 nitrogen and oxygen atoms in total. The van der Waals surface area contributed by atoms with Crippen LogP contribution >= 0.6 is 0 Å². The second-order valence-electron chi connectivity index (χ2n) is 4.41. The van der Waals surface area contributed by atoms with E-state index in [0.29, 0.717) is 6.42 Å². The summed E-state index contributed by atoms with van der Waals surface area (Å²) in [6.45, 7) is 5.81.